The molecule has 27 heavy (non-hydrogen) atoms. The lowest BCUT2D eigenvalue weighted by Crippen LogP contribution is -2.40. The predicted octanol–water partition coefficient (Wildman–Crippen LogP) is 6.57. The highest BCUT2D eigenvalue weighted by Gasteiger charge is 2.43. The zero-order valence-electron chi connectivity index (χ0n) is 18.7. The Morgan fingerprint density at radius 3 is 2.11 bits per heavy atom. The molecule has 0 radical (unpaired) electrons. The van der Waals surface area contributed by atoms with Crippen molar-refractivity contribution in [1.82, 2.24) is 0 Å². The van der Waals surface area contributed by atoms with Gasteiger partial charge in [-0.2, -0.15) is 0 Å². The summed E-state index contributed by atoms with van der Waals surface area (Å²) in [4.78, 5) is 0. The largest absolute Gasteiger partial charge is 0.497 e. The fourth-order valence-electron chi connectivity index (χ4n) is 4.97. The lowest BCUT2D eigenvalue weighted by molar-refractivity contribution is 0.396. The summed E-state index contributed by atoms with van der Waals surface area (Å²) in [6.07, 6.45) is 12.7. The maximum absolute atomic E-state index is 6.14. The lowest BCUT2D eigenvalue weighted by Gasteiger charge is -2.35. The van der Waals surface area contributed by atoms with Crippen LogP contribution in [0.3, 0.4) is 0 Å². The molecule has 0 aliphatic heterocycles. The molecule has 0 amide bonds. The molecule has 0 heterocycles. The minimum Gasteiger partial charge on any atom is -0.497 e. The second kappa shape index (κ2) is 7.07. The summed E-state index contributed by atoms with van der Waals surface area (Å²) in [5.41, 5.74) is 5.23. The summed E-state index contributed by atoms with van der Waals surface area (Å²) >= 11 is 0. The van der Waals surface area contributed by atoms with Gasteiger partial charge in [0, 0.05) is 11.0 Å². The van der Waals surface area contributed by atoms with E-state index in [1.807, 2.05) is 7.11 Å². The molecule has 3 rings (SSSR count). The molecule has 1 nitrogen and oxygen atoms in total. The molecule has 2 aliphatic rings. The maximum atomic E-state index is 6.14. The first-order valence-corrected chi connectivity index (χ1v) is 17.7. The Balaban J connectivity index is 2.20. The van der Waals surface area contributed by atoms with Crippen molar-refractivity contribution in [3.05, 3.63) is 47.1 Å². The maximum Gasteiger partial charge on any atom is 0.122 e. The van der Waals surface area contributed by atoms with Gasteiger partial charge in [-0.3, -0.25) is 0 Å². The van der Waals surface area contributed by atoms with Crippen LogP contribution in [0.2, 0.25) is 44.8 Å². The molecule has 3 heteroatoms. The van der Waals surface area contributed by atoms with Crippen molar-refractivity contribution in [1.29, 1.82) is 0 Å². The molecule has 0 spiro atoms. The van der Waals surface area contributed by atoms with Crippen LogP contribution in [0.1, 0.15) is 36.8 Å². The van der Waals surface area contributed by atoms with Crippen LogP contribution in [-0.4, -0.2) is 23.3 Å². The van der Waals surface area contributed by atoms with Gasteiger partial charge in [-0.15, -0.1) is 0 Å². The second-order valence-electron chi connectivity index (χ2n) is 10.8. The van der Waals surface area contributed by atoms with Crippen molar-refractivity contribution in [2.24, 2.45) is 0 Å². The van der Waals surface area contributed by atoms with E-state index < -0.39 is 16.1 Å². The van der Waals surface area contributed by atoms with Gasteiger partial charge in [0.25, 0.3) is 0 Å². The summed E-state index contributed by atoms with van der Waals surface area (Å²) in [5.74, 6) is 1.19. The summed E-state index contributed by atoms with van der Waals surface area (Å²) in [6.45, 7) is 17.0. The van der Waals surface area contributed by atoms with E-state index in [0.717, 1.165) is 0 Å². The molecular weight excluding hydrogens is 360 g/mol. The highest BCUT2D eigenvalue weighted by Crippen LogP contribution is 2.52. The third kappa shape index (κ3) is 3.78. The van der Waals surface area contributed by atoms with E-state index in [1.165, 1.54) is 47.7 Å². The van der Waals surface area contributed by atoms with Crippen LogP contribution < -0.4 is 9.92 Å². The van der Waals surface area contributed by atoms with Crippen LogP contribution in [0, 0.1) is 6.92 Å². The molecule has 2 aliphatic carbocycles. The molecule has 0 saturated heterocycles. The molecule has 0 aromatic heterocycles. The molecule has 1 atom stereocenters. The first-order chi connectivity index (χ1) is 12.5. The van der Waals surface area contributed by atoms with Crippen LogP contribution >= 0.6 is 0 Å². The quantitative estimate of drug-likeness (QED) is 0.510. The van der Waals surface area contributed by atoms with Gasteiger partial charge in [-0.25, -0.2) is 0 Å². The second-order valence-corrected chi connectivity index (χ2v) is 21.2. The summed E-state index contributed by atoms with van der Waals surface area (Å²) in [7, 11) is -0.817. The number of rotatable bonds is 5. The Labute approximate surface area is 168 Å². The van der Waals surface area contributed by atoms with E-state index in [2.05, 4.69) is 76.6 Å². The Bertz CT molecular complexity index is 769. The highest BCUT2D eigenvalue weighted by atomic mass is 28.3. The average molecular weight is 399 g/mol. The van der Waals surface area contributed by atoms with Crippen LogP contribution in [0.5, 0.6) is 5.75 Å². The first-order valence-electron chi connectivity index (χ1n) is 10.6. The number of hydrogen-bond acceptors (Lipinski definition) is 1. The van der Waals surface area contributed by atoms with Crippen LogP contribution in [0.4, 0.5) is 0 Å². The van der Waals surface area contributed by atoms with Gasteiger partial charge in [0.05, 0.1) is 23.3 Å². The summed E-state index contributed by atoms with van der Waals surface area (Å²) < 4.78 is 6.14. The fraction of sp³-hybridized carbons (Fsp3) is 0.583. The molecule has 1 unspecified atom stereocenters. The van der Waals surface area contributed by atoms with Crippen molar-refractivity contribution >= 4 is 21.3 Å². The van der Waals surface area contributed by atoms with Gasteiger partial charge >= 0.3 is 0 Å². The smallest absolute Gasteiger partial charge is 0.122 e. The third-order valence-electron chi connectivity index (χ3n) is 6.61. The molecule has 1 aromatic carbocycles. The Morgan fingerprint density at radius 2 is 1.63 bits per heavy atom. The molecule has 1 aromatic rings. The average Bonchev–Trinajstić information content (AvgIpc) is 3.22. The molecule has 148 valence electrons. The molecule has 1 saturated carbocycles. The molecule has 1 fully saturated rings. The van der Waals surface area contributed by atoms with Gasteiger partial charge in [-0.1, -0.05) is 88.0 Å². The standard InChI is InChI=1S/C24H38OSi2/c1-18-15-21(23(25-2)22(16-18)27(6,7)8)24(13-9-10-14-24)19-11-12-20(17-19)26(3,4)5/h11-12,15-17,20H,9-10,13-14H2,1-8H3. The van der Waals surface area contributed by atoms with Gasteiger partial charge in [0.15, 0.2) is 0 Å². The van der Waals surface area contributed by atoms with Gasteiger partial charge in [-0.05, 0) is 36.1 Å². The van der Waals surface area contributed by atoms with Crippen molar-refractivity contribution < 1.29 is 4.74 Å². The van der Waals surface area contributed by atoms with E-state index in [9.17, 15) is 0 Å². The normalized spacial score (nSPS) is 22.2. The molecular formula is C24H38OSi2. The Hall–Kier alpha value is -1.07. The summed E-state index contributed by atoms with van der Waals surface area (Å²) in [6, 6.07) is 4.82. The number of hydrogen-bond donors (Lipinski definition) is 0. The number of allylic oxidation sites excluding steroid dienone is 4. The zero-order valence-corrected chi connectivity index (χ0v) is 20.7. The first kappa shape index (κ1) is 20.7. The van der Waals surface area contributed by atoms with Crippen molar-refractivity contribution in [3.63, 3.8) is 0 Å². The van der Waals surface area contributed by atoms with E-state index in [0.29, 0.717) is 5.54 Å². The fourth-order valence-corrected chi connectivity index (χ4v) is 7.90. The van der Waals surface area contributed by atoms with Gasteiger partial charge in [0.1, 0.15) is 5.75 Å². The number of methoxy groups -OCH3 is 1. The monoisotopic (exact) mass is 398 g/mol. The Morgan fingerprint density at radius 1 is 1.00 bits per heavy atom. The van der Waals surface area contributed by atoms with Crippen LogP contribution in [0.25, 0.3) is 0 Å². The van der Waals surface area contributed by atoms with Crippen LogP contribution in [-0.2, 0) is 5.41 Å². The van der Waals surface area contributed by atoms with Crippen molar-refractivity contribution in [2.75, 3.05) is 7.11 Å². The van der Waals surface area contributed by atoms with E-state index in [1.54, 1.807) is 5.57 Å². The minimum atomic E-state index is -1.48. The van der Waals surface area contributed by atoms with Crippen LogP contribution in [0.15, 0.2) is 35.9 Å². The Kier molecular flexibility index (Phi) is 5.41. The SMILES string of the molecule is COc1c(C2(C3=CC([Si](C)(C)C)C=C3)CCCC2)cc(C)cc1[Si](C)(C)C. The van der Waals surface area contributed by atoms with Gasteiger partial charge in [0.2, 0.25) is 0 Å². The molecule has 0 N–H and O–H groups in total. The minimum absolute atomic E-state index is 0.149. The summed E-state index contributed by atoms with van der Waals surface area (Å²) in [5, 5.41) is 1.48. The van der Waals surface area contributed by atoms with Crippen molar-refractivity contribution in [2.45, 2.75) is 82.8 Å². The molecule has 0 bridgehead atoms. The van der Waals surface area contributed by atoms with Gasteiger partial charge < -0.3 is 4.74 Å². The van der Waals surface area contributed by atoms with E-state index in [4.69, 9.17) is 4.74 Å². The topological polar surface area (TPSA) is 9.23 Å². The van der Waals surface area contributed by atoms with Crippen molar-refractivity contribution in [3.8, 4) is 5.75 Å². The zero-order chi connectivity index (χ0) is 20.0. The number of ether oxygens (including phenoxy) is 1. The van der Waals surface area contributed by atoms with E-state index in [-0.39, 0.29) is 5.41 Å². The number of aryl methyl sites for hydroxylation is 1. The number of benzene rings is 1. The predicted molar refractivity (Wildman–Crippen MR) is 125 cm³/mol. The lowest BCUT2D eigenvalue weighted by atomic mass is 9.72. The highest BCUT2D eigenvalue weighted by molar-refractivity contribution is 6.89. The van der Waals surface area contributed by atoms with E-state index >= 15 is 0 Å². The third-order valence-corrected chi connectivity index (χ3v) is 11.0.